The first-order valence-corrected chi connectivity index (χ1v) is 5.72. The van der Waals surface area contributed by atoms with Crippen LogP contribution in [0.4, 0.5) is 5.69 Å². The van der Waals surface area contributed by atoms with Gasteiger partial charge in [-0.2, -0.15) is 5.10 Å². The van der Waals surface area contributed by atoms with Crippen LogP contribution in [0.25, 0.3) is 0 Å². The number of hydrazone groups is 1. The third kappa shape index (κ3) is 5.70. The Bertz CT molecular complexity index is 363. The third-order valence-corrected chi connectivity index (χ3v) is 2.21. The summed E-state index contributed by atoms with van der Waals surface area (Å²) in [6.07, 6.45) is 3.05. The average Bonchev–Trinajstić information content (AvgIpc) is 2.34. The minimum absolute atomic E-state index is 0.0891. The molecular formula is C13H18N2O2. The van der Waals surface area contributed by atoms with E-state index in [1.165, 1.54) is 6.92 Å². The largest absolute Gasteiger partial charge is 0.462 e. The van der Waals surface area contributed by atoms with Crippen molar-refractivity contribution in [2.45, 2.75) is 32.8 Å². The van der Waals surface area contributed by atoms with Gasteiger partial charge >= 0.3 is 5.97 Å². The van der Waals surface area contributed by atoms with Crippen LogP contribution < -0.4 is 5.43 Å². The molecule has 0 heterocycles. The normalized spacial score (nSPS) is 12.4. The van der Waals surface area contributed by atoms with E-state index in [-0.39, 0.29) is 12.1 Å². The standard InChI is InChI=1S/C13H18N2O2/c1-3-13(17-11(2)16)9-10-14-15-12-7-5-4-6-8-12/h4-8,10,13,15H,3,9H2,1-2H3/b14-10+. The second-order valence-corrected chi connectivity index (χ2v) is 3.66. The highest BCUT2D eigenvalue weighted by atomic mass is 16.5. The van der Waals surface area contributed by atoms with Gasteiger partial charge in [0.2, 0.25) is 0 Å². The molecule has 1 N–H and O–H groups in total. The van der Waals surface area contributed by atoms with Crippen molar-refractivity contribution in [3.63, 3.8) is 0 Å². The Labute approximate surface area is 102 Å². The molecule has 0 spiro atoms. The Morgan fingerprint density at radius 2 is 2.18 bits per heavy atom. The second kappa shape index (κ2) is 7.44. The van der Waals surface area contributed by atoms with Crippen LogP contribution in [0.2, 0.25) is 0 Å². The van der Waals surface area contributed by atoms with Crippen molar-refractivity contribution in [3.05, 3.63) is 30.3 Å². The van der Waals surface area contributed by atoms with Crippen LogP contribution in [0.15, 0.2) is 35.4 Å². The van der Waals surface area contributed by atoms with Crippen LogP contribution in [0, 0.1) is 0 Å². The molecule has 1 aromatic carbocycles. The molecule has 17 heavy (non-hydrogen) atoms. The summed E-state index contributed by atoms with van der Waals surface area (Å²) >= 11 is 0. The first kappa shape index (κ1) is 13.2. The maximum atomic E-state index is 10.8. The number of hydrogen-bond donors (Lipinski definition) is 1. The predicted molar refractivity (Wildman–Crippen MR) is 69.0 cm³/mol. The van der Waals surface area contributed by atoms with Gasteiger partial charge in [0.25, 0.3) is 0 Å². The number of ether oxygens (including phenoxy) is 1. The Morgan fingerprint density at radius 3 is 2.76 bits per heavy atom. The second-order valence-electron chi connectivity index (χ2n) is 3.66. The molecule has 0 saturated carbocycles. The summed E-state index contributed by atoms with van der Waals surface area (Å²) in [5.74, 6) is -0.249. The average molecular weight is 234 g/mol. The van der Waals surface area contributed by atoms with Crippen molar-refractivity contribution in [2.75, 3.05) is 5.43 Å². The van der Waals surface area contributed by atoms with E-state index in [9.17, 15) is 4.79 Å². The van der Waals surface area contributed by atoms with Crippen LogP contribution in [-0.2, 0) is 9.53 Å². The zero-order chi connectivity index (χ0) is 12.5. The van der Waals surface area contributed by atoms with Crippen molar-refractivity contribution in [3.8, 4) is 0 Å². The molecule has 0 radical (unpaired) electrons. The molecule has 0 aliphatic carbocycles. The lowest BCUT2D eigenvalue weighted by Gasteiger charge is -2.11. The number of benzene rings is 1. The molecule has 1 rings (SSSR count). The van der Waals surface area contributed by atoms with E-state index in [2.05, 4.69) is 10.5 Å². The molecule has 0 aliphatic rings. The number of anilines is 1. The van der Waals surface area contributed by atoms with Gasteiger partial charge in [0.1, 0.15) is 6.10 Å². The van der Waals surface area contributed by atoms with Gasteiger partial charge in [-0.25, -0.2) is 0 Å². The predicted octanol–water partition coefficient (Wildman–Crippen LogP) is 2.82. The van der Waals surface area contributed by atoms with Gasteiger partial charge < -0.3 is 4.74 Å². The van der Waals surface area contributed by atoms with E-state index in [0.717, 1.165) is 12.1 Å². The van der Waals surface area contributed by atoms with Gasteiger partial charge in [-0.1, -0.05) is 25.1 Å². The minimum atomic E-state index is -0.249. The lowest BCUT2D eigenvalue weighted by molar-refractivity contribution is -0.146. The Balaban J connectivity index is 2.31. The van der Waals surface area contributed by atoms with E-state index < -0.39 is 0 Å². The van der Waals surface area contributed by atoms with E-state index in [4.69, 9.17) is 4.74 Å². The molecule has 1 unspecified atom stereocenters. The summed E-state index contributed by atoms with van der Waals surface area (Å²) in [4.78, 5) is 10.8. The highest BCUT2D eigenvalue weighted by Crippen LogP contribution is 2.05. The lowest BCUT2D eigenvalue weighted by atomic mass is 10.2. The first-order valence-electron chi connectivity index (χ1n) is 5.72. The summed E-state index contributed by atoms with van der Waals surface area (Å²) in [5.41, 5.74) is 3.84. The monoisotopic (exact) mass is 234 g/mol. The summed E-state index contributed by atoms with van der Waals surface area (Å²) in [6.45, 7) is 3.40. The van der Waals surface area contributed by atoms with Crippen molar-refractivity contribution in [1.29, 1.82) is 0 Å². The molecule has 0 bridgehead atoms. The number of hydrogen-bond acceptors (Lipinski definition) is 4. The van der Waals surface area contributed by atoms with Gasteiger partial charge in [-0.15, -0.1) is 0 Å². The van der Waals surface area contributed by atoms with Crippen molar-refractivity contribution >= 4 is 17.9 Å². The van der Waals surface area contributed by atoms with Crippen molar-refractivity contribution in [2.24, 2.45) is 5.10 Å². The van der Waals surface area contributed by atoms with E-state index in [1.54, 1.807) is 6.21 Å². The van der Waals surface area contributed by atoms with Gasteiger partial charge in [-0.05, 0) is 18.6 Å². The van der Waals surface area contributed by atoms with Crippen molar-refractivity contribution in [1.82, 2.24) is 0 Å². The molecule has 0 saturated heterocycles. The molecular weight excluding hydrogens is 216 g/mol. The van der Waals surface area contributed by atoms with E-state index in [1.807, 2.05) is 37.3 Å². The topological polar surface area (TPSA) is 50.7 Å². The lowest BCUT2D eigenvalue weighted by Crippen LogP contribution is -2.15. The summed E-state index contributed by atoms with van der Waals surface area (Å²) in [5, 5.41) is 4.07. The fourth-order valence-corrected chi connectivity index (χ4v) is 1.34. The number of carbonyl (C=O) groups is 1. The number of carbonyl (C=O) groups excluding carboxylic acids is 1. The van der Waals surface area contributed by atoms with Gasteiger partial charge in [0.15, 0.2) is 0 Å². The number of nitrogens with one attached hydrogen (secondary N) is 1. The molecule has 0 aromatic heterocycles. The molecule has 0 fully saturated rings. The van der Waals surface area contributed by atoms with Gasteiger partial charge in [0, 0.05) is 19.6 Å². The Hall–Kier alpha value is -1.84. The fraction of sp³-hybridized carbons (Fsp3) is 0.385. The van der Waals surface area contributed by atoms with Gasteiger partial charge in [0.05, 0.1) is 5.69 Å². The third-order valence-electron chi connectivity index (χ3n) is 2.21. The zero-order valence-corrected chi connectivity index (χ0v) is 10.2. The maximum absolute atomic E-state index is 10.8. The fourth-order valence-electron chi connectivity index (χ4n) is 1.34. The minimum Gasteiger partial charge on any atom is -0.462 e. The van der Waals surface area contributed by atoms with Crippen molar-refractivity contribution < 1.29 is 9.53 Å². The van der Waals surface area contributed by atoms with E-state index in [0.29, 0.717) is 6.42 Å². The molecule has 0 amide bonds. The molecule has 92 valence electrons. The quantitative estimate of drug-likeness (QED) is 0.468. The van der Waals surface area contributed by atoms with Crippen LogP contribution >= 0.6 is 0 Å². The number of rotatable bonds is 6. The summed E-state index contributed by atoms with van der Waals surface area (Å²) in [6, 6.07) is 9.68. The first-order chi connectivity index (χ1) is 8.22. The maximum Gasteiger partial charge on any atom is 0.302 e. The van der Waals surface area contributed by atoms with Crippen LogP contribution in [0.5, 0.6) is 0 Å². The molecule has 1 aromatic rings. The molecule has 4 heteroatoms. The molecule has 1 atom stereocenters. The van der Waals surface area contributed by atoms with Crippen LogP contribution in [0.3, 0.4) is 0 Å². The summed E-state index contributed by atoms with van der Waals surface area (Å²) in [7, 11) is 0. The summed E-state index contributed by atoms with van der Waals surface area (Å²) < 4.78 is 5.09. The Morgan fingerprint density at radius 1 is 1.47 bits per heavy atom. The number of para-hydroxylation sites is 1. The SMILES string of the molecule is CCC(C/C=N/Nc1ccccc1)OC(C)=O. The van der Waals surface area contributed by atoms with Crippen LogP contribution in [0.1, 0.15) is 26.7 Å². The van der Waals surface area contributed by atoms with E-state index >= 15 is 0 Å². The zero-order valence-electron chi connectivity index (χ0n) is 10.2. The molecule has 0 aliphatic heterocycles. The smallest absolute Gasteiger partial charge is 0.302 e. The number of nitrogens with zero attached hydrogens (tertiary/aromatic N) is 1. The van der Waals surface area contributed by atoms with Gasteiger partial charge in [-0.3, -0.25) is 10.2 Å². The van der Waals surface area contributed by atoms with Crippen LogP contribution in [-0.4, -0.2) is 18.3 Å². The Kier molecular flexibility index (Phi) is 5.79. The highest BCUT2D eigenvalue weighted by molar-refractivity contribution is 5.67. The molecule has 4 nitrogen and oxygen atoms in total. The highest BCUT2D eigenvalue weighted by Gasteiger charge is 2.06. The number of esters is 1.